The Bertz CT molecular complexity index is 1080. The van der Waals surface area contributed by atoms with E-state index in [9.17, 15) is 4.79 Å². The van der Waals surface area contributed by atoms with Crippen molar-refractivity contribution in [3.63, 3.8) is 0 Å². The number of hydrogen-bond acceptors (Lipinski definition) is 6. The van der Waals surface area contributed by atoms with Gasteiger partial charge in [0.2, 0.25) is 5.75 Å². The second kappa shape index (κ2) is 8.75. The molecule has 0 fully saturated rings. The van der Waals surface area contributed by atoms with E-state index in [0.29, 0.717) is 27.9 Å². The van der Waals surface area contributed by atoms with Gasteiger partial charge < -0.3 is 14.2 Å². The lowest BCUT2D eigenvalue weighted by Crippen LogP contribution is -2.13. The van der Waals surface area contributed by atoms with Gasteiger partial charge in [-0.05, 0) is 55.0 Å². The third-order valence-corrected chi connectivity index (χ3v) is 6.08. The summed E-state index contributed by atoms with van der Waals surface area (Å²) >= 11 is 1.40. The molecule has 1 heterocycles. The molecule has 3 aromatic rings. The van der Waals surface area contributed by atoms with Crippen LogP contribution in [0.2, 0.25) is 0 Å². The first-order valence-corrected chi connectivity index (χ1v) is 10.7. The van der Waals surface area contributed by atoms with Crippen LogP contribution in [0.1, 0.15) is 34.3 Å². The van der Waals surface area contributed by atoms with E-state index in [4.69, 9.17) is 14.2 Å². The Kier molecular flexibility index (Phi) is 5.90. The summed E-state index contributed by atoms with van der Waals surface area (Å²) in [6.07, 6.45) is 4.78. The fourth-order valence-corrected chi connectivity index (χ4v) is 4.52. The minimum absolute atomic E-state index is 0.320. The van der Waals surface area contributed by atoms with Crippen LogP contribution in [-0.2, 0) is 12.8 Å². The van der Waals surface area contributed by atoms with Gasteiger partial charge >= 0.3 is 0 Å². The van der Waals surface area contributed by atoms with Crippen LogP contribution >= 0.6 is 11.3 Å². The number of methoxy groups -OCH3 is 3. The smallest absolute Gasteiger partial charge is 0.261 e. The van der Waals surface area contributed by atoms with Gasteiger partial charge in [-0.1, -0.05) is 12.1 Å². The van der Waals surface area contributed by atoms with Crippen molar-refractivity contribution in [1.82, 2.24) is 4.98 Å². The molecule has 7 heteroatoms. The highest BCUT2D eigenvalue weighted by molar-refractivity contribution is 7.14. The average Bonchev–Trinajstić information content (AvgIpc) is 3.25. The number of aromatic nitrogens is 1. The molecule has 0 atom stereocenters. The molecule has 2 aromatic carbocycles. The fraction of sp³-hybridized carbons (Fsp3) is 0.304. The maximum atomic E-state index is 12.9. The number of carbonyl (C=O) groups is 1. The maximum Gasteiger partial charge on any atom is 0.261 e. The van der Waals surface area contributed by atoms with Crippen molar-refractivity contribution in [3.8, 4) is 28.5 Å². The first-order chi connectivity index (χ1) is 14.6. The molecule has 1 amide bonds. The highest BCUT2D eigenvalue weighted by atomic mass is 32.1. The second-order valence-corrected chi connectivity index (χ2v) is 7.92. The van der Waals surface area contributed by atoms with Crippen LogP contribution < -0.4 is 19.5 Å². The molecule has 6 nitrogen and oxygen atoms in total. The van der Waals surface area contributed by atoms with Crippen LogP contribution in [0.5, 0.6) is 17.2 Å². The van der Waals surface area contributed by atoms with Crippen molar-refractivity contribution < 1.29 is 19.0 Å². The third kappa shape index (κ3) is 3.85. The lowest BCUT2D eigenvalue weighted by atomic mass is 9.90. The molecule has 1 N–H and O–H groups in total. The van der Waals surface area contributed by atoms with Gasteiger partial charge in [-0.25, -0.2) is 4.98 Å². The highest BCUT2D eigenvalue weighted by Crippen LogP contribution is 2.40. The Labute approximate surface area is 179 Å². The van der Waals surface area contributed by atoms with Gasteiger partial charge in [0.1, 0.15) is 0 Å². The van der Waals surface area contributed by atoms with Crippen LogP contribution in [-0.4, -0.2) is 32.2 Å². The zero-order valence-corrected chi connectivity index (χ0v) is 18.1. The maximum absolute atomic E-state index is 12.9. The number of nitrogens with zero attached hydrogens (tertiary/aromatic N) is 1. The summed E-state index contributed by atoms with van der Waals surface area (Å²) in [7, 11) is 4.54. The number of fused-ring (bicyclic) bond motifs is 1. The Morgan fingerprint density at radius 1 is 0.967 bits per heavy atom. The zero-order valence-electron chi connectivity index (χ0n) is 17.3. The van der Waals surface area contributed by atoms with E-state index in [-0.39, 0.29) is 5.91 Å². The van der Waals surface area contributed by atoms with E-state index < -0.39 is 0 Å². The van der Waals surface area contributed by atoms with Crippen molar-refractivity contribution >= 4 is 22.4 Å². The molecule has 0 saturated carbocycles. The van der Waals surface area contributed by atoms with Crippen molar-refractivity contribution in [1.29, 1.82) is 0 Å². The van der Waals surface area contributed by atoms with Gasteiger partial charge in [0.15, 0.2) is 16.6 Å². The van der Waals surface area contributed by atoms with Crippen LogP contribution in [0.15, 0.2) is 35.7 Å². The van der Waals surface area contributed by atoms with Gasteiger partial charge in [-0.2, -0.15) is 0 Å². The van der Waals surface area contributed by atoms with Gasteiger partial charge in [0, 0.05) is 10.9 Å². The monoisotopic (exact) mass is 424 g/mol. The van der Waals surface area contributed by atoms with Crippen LogP contribution in [0.25, 0.3) is 11.3 Å². The predicted molar refractivity (Wildman–Crippen MR) is 118 cm³/mol. The lowest BCUT2D eigenvalue weighted by molar-refractivity contribution is 0.102. The minimum atomic E-state index is -0.320. The SMILES string of the molecule is COc1ccc(C(=O)Nc2nc(-c3ccc4c(c3)CCCC4)cs2)c(OC)c1OC. The molecule has 0 unspecified atom stereocenters. The van der Waals surface area contributed by atoms with E-state index >= 15 is 0 Å². The number of carbonyl (C=O) groups excluding carboxylic acids is 1. The Morgan fingerprint density at radius 2 is 1.73 bits per heavy atom. The largest absolute Gasteiger partial charge is 0.493 e. The summed E-state index contributed by atoms with van der Waals surface area (Å²) in [6, 6.07) is 9.87. The second-order valence-electron chi connectivity index (χ2n) is 7.06. The predicted octanol–water partition coefficient (Wildman–Crippen LogP) is 4.97. The minimum Gasteiger partial charge on any atom is -0.493 e. The lowest BCUT2D eigenvalue weighted by Gasteiger charge is -2.16. The molecule has 4 rings (SSSR count). The molecule has 1 aliphatic carbocycles. The normalized spacial score (nSPS) is 12.8. The van der Waals surface area contributed by atoms with E-state index in [1.807, 2.05) is 5.38 Å². The number of thiazole rings is 1. The van der Waals surface area contributed by atoms with E-state index in [1.165, 1.54) is 56.6 Å². The molecular weight excluding hydrogens is 400 g/mol. The quantitative estimate of drug-likeness (QED) is 0.605. The number of benzene rings is 2. The number of hydrogen-bond donors (Lipinski definition) is 1. The molecule has 1 aliphatic rings. The van der Waals surface area contributed by atoms with Crippen molar-refractivity contribution in [3.05, 3.63) is 52.4 Å². The van der Waals surface area contributed by atoms with Gasteiger partial charge in [-0.15, -0.1) is 11.3 Å². The van der Waals surface area contributed by atoms with Gasteiger partial charge in [0.05, 0.1) is 32.6 Å². The zero-order chi connectivity index (χ0) is 21.1. The fourth-order valence-electron chi connectivity index (χ4n) is 3.80. The van der Waals surface area contributed by atoms with Crippen molar-refractivity contribution in [2.75, 3.05) is 26.6 Å². The molecular formula is C23H24N2O4S. The summed E-state index contributed by atoms with van der Waals surface area (Å²) in [5, 5.41) is 5.36. The topological polar surface area (TPSA) is 69.7 Å². The van der Waals surface area contributed by atoms with Gasteiger partial charge in [0.25, 0.3) is 5.91 Å². The first kappa shape index (κ1) is 20.2. The standard InChI is InChI=1S/C23H24N2O4S/c1-27-19-11-10-17(20(28-2)21(19)29-3)22(26)25-23-24-18(13-30-23)16-9-8-14-6-4-5-7-15(14)12-16/h8-13H,4-7H2,1-3H3,(H,24,25,26). The first-order valence-electron chi connectivity index (χ1n) is 9.82. The number of nitrogens with one attached hydrogen (secondary N) is 1. The van der Waals surface area contributed by atoms with E-state index in [2.05, 4.69) is 28.5 Å². The summed E-state index contributed by atoms with van der Waals surface area (Å²) < 4.78 is 16.1. The molecule has 156 valence electrons. The highest BCUT2D eigenvalue weighted by Gasteiger charge is 2.21. The molecule has 0 radical (unpaired) electrons. The Morgan fingerprint density at radius 3 is 2.47 bits per heavy atom. The van der Waals surface area contributed by atoms with Crippen LogP contribution in [0.3, 0.4) is 0 Å². The summed E-state index contributed by atoms with van der Waals surface area (Å²) in [4.78, 5) is 17.5. The number of amides is 1. The summed E-state index contributed by atoms with van der Waals surface area (Å²) in [6.45, 7) is 0. The van der Waals surface area contributed by atoms with Crippen molar-refractivity contribution in [2.24, 2.45) is 0 Å². The van der Waals surface area contributed by atoms with Crippen molar-refractivity contribution in [2.45, 2.75) is 25.7 Å². The molecule has 0 spiro atoms. The van der Waals surface area contributed by atoms with E-state index in [0.717, 1.165) is 24.1 Å². The summed E-state index contributed by atoms with van der Waals surface area (Å²) in [5.41, 5.74) is 5.14. The molecule has 1 aromatic heterocycles. The van der Waals surface area contributed by atoms with Gasteiger partial charge in [-0.3, -0.25) is 10.1 Å². The van der Waals surface area contributed by atoms with E-state index in [1.54, 1.807) is 12.1 Å². The molecule has 0 saturated heterocycles. The molecule has 30 heavy (non-hydrogen) atoms. The third-order valence-electron chi connectivity index (χ3n) is 5.32. The van der Waals surface area contributed by atoms with Crippen LogP contribution in [0.4, 0.5) is 5.13 Å². The van der Waals surface area contributed by atoms with Crippen LogP contribution in [0, 0.1) is 0 Å². The Hall–Kier alpha value is -3.06. The summed E-state index contributed by atoms with van der Waals surface area (Å²) in [5.74, 6) is 0.872. The Balaban J connectivity index is 1.56. The number of anilines is 1. The molecule has 0 aliphatic heterocycles. The number of aryl methyl sites for hydroxylation is 2. The molecule has 0 bridgehead atoms. The number of ether oxygens (including phenoxy) is 3. The average molecular weight is 425 g/mol. The number of rotatable bonds is 6.